The number of aliphatic imine (C=N–C) groups is 1. The van der Waals surface area contributed by atoms with E-state index in [2.05, 4.69) is 10.3 Å². The minimum Gasteiger partial charge on any atom is -0.378 e. The average molecular weight is 283 g/mol. The fourth-order valence-corrected chi connectivity index (χ4v) is 1.78. The Morgan fingerprint density at radius 3 is 2.75 bits per heavy atom. The summed E-state index contributed by atoms with van der Waals surface area (Å²) in [5, 5.41) is 13.1. The quantitative estimate of drug-likeness (QED) is 0.540. The molecule has 9 heteroatoms. The van der Waals surface area contributed by atoms with Gasteiger partial charge in [-0.05, 0) is 11.6 Å². The minimum absolute atomic E-state index is 0.0190. The second-order valence-electron chi connectivity index (χ2n) is 4.24. The second kappa shape index (κ2) is 4.85. The van der Waals surface area contributed by atoms with Gasteiger partial charge in [0.15, 0.2) is 17.4 Å². The molecule has 1 unspecified atom stereocenters. The van der Waals surface area contributed by atoms with E-state index in [1.807, 2.05) is 0 Å². The highest BCUT2D eigenvalue weighted by Crippen LogP contribution is 2.19. The van der Waals surface area contributed by atoms with Crippen molar-refractivity contribution in [2.24, 2.45) is 16.5 Å². The van der Waals surface area contributed by atoms with Crippen LogP contribution in [0.15, 0.2) is 35.1 Å². The molecule has 1 aromatic rings. The van der Waals surface area contributed by atoms with Gasteiger partial charge in [0.25, 0.3) is 0 Å². The standard InChI is InChI=1S/C11H11F2N5O2/c12-7-3-1-2-6(9(7)13)4-11(15)16-5-8(18(19)20)10(14)17-11/h1-3,5,16H,4,15H2,(H2,14,17). The van der Waals surface area contributed by atoms with Gasteiger partial charge in [0.1, 0.15) is 0 Å². The molecule has 0 saturated carbocycles. The molecule has 0 amide bonds. The number of nitro groups is 1. The molecule has 106 valence electrons. The Morgan fingerprint density at radius 2 is 2.15 bits per heavy atom. The van der Waals surface area contributed by atoms with Gasteiger partial charge in [-0.2, -0.15) is 0 Å². The van der Waals surface area contributed by atoms with Gasteiger partial charge in [-0.1, -0.05) is 12.1 Å². The predicted octanol–water partition coefficient (Wildman–Crippen LogP) is 0.198. The average Bonchev–Trinajstić information content (AvgIpc) is 2.34. The molecule has 1 heterocycles. The van der Waals surface area contributed by atoms with Gasteiger partial charge in [-0.15, -0.1) is 0 Å². The monoisotopic (exact) mass is 283 g/mol. The van der Waals surface area contributed by atoms with Gasteiger partial charge < -0.3 is 11.1 Å². The van der Waals surface area contributed by atoms with Crippen molar-refractivity contribution in [1.82, 2.24) is 5.32 Å². The summed E-state index contributed by atoms with van der Waals surface area (Å²) in [7, 11) is 0. The van der Waals surface area contributed by atoms with Gasteiger partial charge in [-0.3, -0.25) is 15.8 Å². The van der Waals surface area contributed by atoms with E-state index >= 15 is 0 Å². The Labute approximate surface area is 112 Å². The van der Waals surface area contributed by atoms with Crippen molar-refractivity contribution in [1.29, 1.82) is 0 Å². The summed E-state index contributed by atoms with van der Waals surface area (Å²) >= 11 is 0. The maximum Gasteiger partial charge on any atom is 0.326 e. The lowest BCUT2D eigenvalue weighted by Crippen LogP contribution is -2.55. The third-order valence-electron chi connectivity index (χ3n) is 2.73. The van der Waals surface area contributed by atoms with Crippen molar-refractivity contribution in [2.45, 2.75) is 12.2 Å². The van der Waals surface area contributed by atoms with E-state index in [0.717, 1.165) is 12.3 Å². The number of amidine groups is 1. The van der Waals surface area contributed by atoms with Crippen LogP contribution in [0.5, 0.6) is 0 Å². The highest BCUT2D eigenvalue weighted by atomic mass is 19.2. The Balaban J connectivity index is 2.27. The van der Waals surface area contributed by atoms with Gasteiger partial charge in [0, 0.05) is 6.42 Å². The molecule has 0 aromatic heterocycles. The molecule has 20 heavy (non-hydrogen) atoms. The van der Waals surface area contributed by atoms with Crippen LogP contribution in [0.4, 0.5) is 8.78 Å². The zero-order chi connectivity index (χ0) is 14.9. The van der Waals surface area contributed by atoms with Crippen LogP contribution < -0.4 is 16.8 Å². The molecule has 1 aromatic carbocycles. The molecule has 0 radical (unpaired) electrons. The number of benzene rings is 1. The lowest BCUT2D eigenvalue weighted by molar-refractivity contribution is -0.416. The predicted molar refractivity (Wildman–Crippen MR) is 66.8 cm³/mol. The normalized spacial score (nSPS) is 21.8. The van der Waals surface area contributed by atoms with Crippen molar-refractivity contribution < 1.29 is 13.7 Å². The topological polar surface area (TPSA) is 120 Å². The maximum absolute atomic E-state index is 13.6. The second-order valence-corrected chi connectivity index (χ2v) is 4.24. The molecule has 0 saturated heterocycles. The van der Waals surface area contributed by atoms with Crippen LogP contribution in [0.25, 0.3) is 0 Å². The van der Waals surface area contributed by atoms with Gasteiger partial charge >= 0.3 is 5.70 Å². The first kappa shape index (κ1) is 13.9. The van der Waals surface area contributed by atoms with E-state index in [1.54, 1.807) is 0 Å². The van der Waals surface area contributed by atoms with Gasteiger partial charge in [-0.25, -0.2) is 13.8 Å². The highest BCUT2D eigenvalue weighted by molar-refractivity contribution is 5.95. The largest absolute Gasteiger partial charge is 0.378 e. The molecule has 1 atom stereocenters. The third kappa shape index (κ3) is 2.57. The van der Waals surface area contributed by atoms with Crippen LogP contribution >= 0.6 is 0 Å². The lowest BCUT2D eigenvalue weighted by atomic mass is 10.1. The summed E-state index contributed by atoms with van der Waals surface area (Å²) in [6, 6.07) is 3.64. The van der Waals surface area contributed by atoms with E-state index in [4.69, 9.17) is 11.5 Å². The van der Waals surface area contributed by atoms with Crippen LogP contribution in [0, 0.1) is 21.7 Å². The van der Waals surface area contributed by atoms with Crippen LogP contribution in [0.1, 0.15) is 5.56 Å². The fraction of sp³-hybridized carbons (Fsp3) is 0.182. The SMILES string of the molecule is NC1=NC(N)(Cc2cccc(F)c2F)NC=C1[N+](=O)[O-]. The first-order valence-electron chi connectivity index (χ1n) is 5.52. The van der Waals surface area contributed by atoms with Crippen molar-refractivity contribution in [3.8, 4) is 0 Å². The van der Waals surface area contributed by atoms with E-state index < -0.39 is 28.0 Å². The molecule has 7 nitrogen and oxygen atoms in total. The molecule has 5 N–H and O–H groups in total. The minimum atomic E-state index is -1.57. The Hall–Kier alpha value is -2.55. The third-order valence-corrected chi connectivity index (χ3v) is 2.73. The molecule has 1 aliphatic heterocycles. The zero-order valence-electron chi connectivity index (χ0n) is 10.1. The molecular weight excluding hydrogens is 272 g/mol. The number of hydrogen-bond acceptors (Lipinski definition) is 6. The van der Waals surface area contributed by atoms with Gasteiger partial charge in [0.05, 0.1) is 11.1 Å². The number of hydrogen-bond donors (Lipinski definition) is 3. The Kier molecular flexibility index (Phi) is 3.36. The van der Waals surface area contributed by atoms with E-state index in [0.29, 0.717) is 0 Å². The number of nitrogens with two attached hydrogens (primary N) is 2. The lowest BCUT2D eigenvalue weighted by Gasteiger charge is -2.28. The van der Waals surface area contributed by atoms with Crippen LogP contribution in [0.3, 0.4) is 0 Å². The van der Waals surface area contributed by atoms with Crippen molar-refractivity contribution >= 4 is 5.84 Å². The van der Waals surface area contributed by atoms with E-state index in [-0.39, 0.29) is 17.8 Å². The molecular formula is C11H11F2N5O2. The molecule has 0 aliphatic carbocycles. The molecule has 0 bridgehead atoms. The van der Waals surface area contributed by atoms with Gasteiger partial charge in [0.2, 0.25) is 5.84 Å². The van der Waals surface area contributed by atoms with E-state index in [1.165, 1.54) is 12.1 Å². The molecule has 0 spiro atoms. The van der Waals surface area contributed by atoms with Crippen molar-refractivity contribution in [2.75, 3.05) is 0 Å². The molecule has 0 fully saturated rings. The summed E-state index contributed by atoms with van der Waals surface area (Å²) in [6.45, 7) is 0. The van der Waals surface area contributed by atoms with Crippen LogP contribution in [-0.4, -0.2) is 16.5 Å². The summed E-state index contributed by atoms with van der Waals surface area (Å²) in [5.41, 5.74) is 10.8. The number of nitrogens with zero attached hydrogens (tertiary/aromatic N) is 2. The first-order valence-corrected chi connectivity index (χ1v) is 5.52. The summed E-state index contributed by atoms with van der Waals surface area (Å²) in [6.07, 6.45) is 0.762. The Bertz CT molecular complexity index is 631. The fourth-order valence-electron chi connectivity index (χ4n) is 1.78. The summed E-state index contributed by atoms with van der Waals surface area (Å²) in [4.78, 5) is 13.6. The highest BCUT2D eigenvalue weighted by Gasteiger charge is 2.33. The number of halogens is 2. The maximum atomic E-state index is 13.6. The first-order chi connectivity index (χ1) is 9.32. The van der Waals surface area contributed by atoms with E-state index in [9.17, 15) is 18.9 Å². The summed E-state index contributed by atoms with van der Waals surface area (Å²) < 4.78 is 26.7. The van der Waals surface area contributed by atoms with Crippen LogP contribution in [-0.2, 0) is 6.42 Å². The van der Waals surface area contributed by atoms with Crippen molar-refractivity contribution in [3.05, 3.63) is 57.4 Å². The Morgan fingerprint density at radius 1 is 1.45 bits per heavy atom. The van der Waals surface area contributed by atoms with Crippen molar-refractivity contribution in [3.63, 3.8) is 0 Å². The number of rotatable bonds is 3. The summed E-state index contributed by atoms with van der Waals surface area (Å²) in [5.74, 6) is -4.01. The van der Waals surface area contributed by atoms with Crippen LogP contribution in [0.2, 0.25) is 0 Å². The molecule has 1 aliphatic rings. The zero-order valence-corrected chi connectivity index (χ0v) is 10.1. The molecule has 2 rings (SSSR count). The number of nitrogens with one attached hydrogen (secondary N) is 1. The smallest absolute Gasteiger partial charge is 0.326 e.